The van der Waals surface area contributed by atoms with Crippen molar-refractivity contribution in [3.05, 3.63) is 22.2 Å². The molecule has 0 aromatic heterocycles. The van der Waals surface area contributed by atoms with Crippen molar-refractivity contribution < 1.29 is 4.79 Å². The minimum absolute atomic E-state index is 0.0960. The summed E-state index contributed by atoms with van der Waals surface area (Å²) in [4.78, 5) is 14.3. The number of nitrogens with zero attached hydrogens (tertiary/aromatic N) is 1. The predicted molar refractivity (Wildman–Crippen MR) is 84.4 cm³/mol. The number of nitrogen functional groups attached to an aromatic ring is 1. The topological polar surface area (TPSA) is 58.4 Å². The highest BCUT2D eigenvalue weighted by Gasteiger charge is 2.25. The molecule has 1 aromatic carbocycles. The van der Waals surface area contributed by atoms with E-state index >= 15 is 0 Å². The predicted octanol–water partition coefficient (Wildman–Crippen LogP) is 3.39. The second-order valence-electron chi connectivity index (χ2n) is 5.07. The second-order valence-corrected chi connectivity index (χ2v) is 5.92. The van der Waals surface area contributed by atoms with Crippen LogP contribution in [0.2, 0.25) is 10.0 Å². The normalized spacial score (nSPS) is 19.2. The van der Waals surface area contributed by atoms with Crippen molar-refractivity contribution in [2.24, 2.45) is 0 Å². The van der Waals surface area contributed by atoms with Gasteiger partial charge in [0.05, 0.1) is 22.9 Å². The maximum atomic E-state index is 12.1. The largest absolute Gasteiger partial charge is 0.397 e. The monoisotopic (exact) mass is 315 g/mol. The maximum absolute atomic E-state index is 12.1. The summed E-state index contributed by atoms with van der Waals surface area (Å²) in [6, 6.07) is 3.65. The Kier molecular flexibility index (Phi) is 5.13. The molecule has 0 radical (unpaired) electrons. The van der Waals surface area contributed by atoms with Gasteiger partial charge in [-0.25, -0.2) is 0 Å². The van der Waals surface area contributed by atoms with Crippen molar-refractivity contribution in [2.45, 2.75) is 32.2 Å². The number of halogens is 2. The van der Waals surface area contributed by atoms with Crippen molar-refractivity contribution in [3.63, 3.8) is 0 Å². The number of hydrogen-bond acceptors (Lipinski definition) is 3. The molecule has 1 unspecified atom stereocenters. The molecule has 4 nitrogen and oxygen atoms in total. The molecule has 0 bridgehead atoms. The molecule has 3 N–H and O–H groups in total. The highest BCUT2D eigenvalue weighted by Crippen LogP contribution is 2.32. The van der Waals surface area contributed by atoms with Gasteiger partial charge in [-0.2, -0.15) is 0 Å². The van der Waals surface area contributed by atoms with E-state index in [0.29, 0.717) is 34.0 Å². The SMILES string of the molecule is CCC1CCCN1CC(=O)Nc1c(N)cc(Cl)cc1Cl. The Morgan fingerprint density at radius 3 is 2.90 bits per heavy atom. The van der Waals surface area contributed by atoms with Crippen LogP contribution in [0.3, 0.4) is 0 Å². The summed E-state index contributed by atoms with van der Waals surface area (Å²) in [6.45, 7) is 3.49. The van der Waals surface area contributed by atoms with E-state index in [0.717, 1.165) is 25.8 Å². The van der Waals surface area contributed by atoms with Gasteiger partial charge in [-0.15, -0.1) is 0 Å². The Labute approximate surface area is 129 Å². The molecule has 0 aliphatic carbocycles. The number of carbonyl (C=O) groups is 1. The summed E-state index contributed by atoms with van der Waals surface area (Å²) in [5.74, 6) is -0.0960. The number of likely N-dealkylation sites (tertiary alicyclic amines) is 1. The number of nitrogens with two attached hydrogens (primary N) is 1. The Morgan fingerprint density at radius 1 is 1.50 bits per heavy atom. The van der Waals surface area contributed by atoms with Crippen LogP contribution in [0, 0.1) is 0 Å². The highest BCUT2D eigenvalue weighted by atomic mass is 35.5. The zero-order valence-electron chi connectivity index (χ0n) is 11.5. The smallest absolute Gasteiger partial charge is 0.238 e. The van der Waals surface area contributed by atoms with E-state index < -0.39 is 0 Å². The van der Waals surface area contributed by atoms with Gasteiger partial charge in [0.15, 0.2) is 0 Å². The van der Waals surface area contributed by atoms with Crippen LogP contribution in [0.15, 0.2) is 12.1 Å². The molecule has 0 saturated carbocycles. The number of hydrogen-bond donors (Lipinski definition) is 2. The second kappa shape index (κ2) is 6.66. The molecular formula is C14H19Cl2N3O. The lowest BCUT2D eigenvalue weighted by Crippen LogP contribution is -2.36. The molecule has 2 rings (SSSR count). The number of amides is 1. The minimum Gasteiger partial charge on any atom is -0.397 e. The van der Waals surface area contributed by atoms with Gasteiger partial charge in [0.25, 0.3) is 0 Å². The number of benzene rings is 1. The first-order chi connectivity index (χ1) is 9.51. The van der Waals surface area contributed by atoms with Crippen molar-refractivity contribution in [1.29, 1.82) is 0 Å². The first kappa shape index (κ1) is 15.4. The highest BCUT2D eigenvalue weighted by molar-refractivity contribution is 6.37. The maximum Gasteiger partial charge on any atom is 0.238 e. The van der Waals surface area contributed by atoms with E-state index in [-0.39, 0.29) is 5.91 Å². The molecule has 1 heterocycles. The van der Waals surface area contributed by atoms with Crippen LogP contribution >= 0.6 is 23.2 Å². The summed E-state index contributed by atoms with van der Waals surface area (Å²) in [7, 11) is 0. The van der Waals surface area contributed by atoms with Crippen LogP contribution < -0.4 is 11.1 Å². The van der Waals surface area contributed by atoms with E-state index in [1.807, 2.05) is 0 Å². The Hall–Kier alpha value is -0.970. The zero-order valence-corrected chi connectivity index (χ0v) is 13.0. The van der Waals surface area contributed by atoms with Gasteiger partial charge >= 0.3 is 0 Å². The Morgan fingerprint density at radius 2 is 2.25 bits per heavy atom. The van der Waals surface area contributed by atoms with Crippen molar-refractivity contribution in [3.8, 4) is 0 Å². The minimum atomic E-state index is -0.0960. The van der Waals surface area contributed by atoms with E-state index in [2.05, 4.69) is 17.1 Å². The third-order valence-electron chi connectivity index (χ3n) is 3.67. The molecular weight excluding hydrogens is 297 g/mol. The van der Waals surface area contributed by atoms with Crippen LogP contribution in [-0.2, 0) is 4.79 Å². The van der Waals surface area contributed by atoms with Gasteiger partial charge in [-0.05, 0) is 37.9 Å². The quantitative estimate of drug-likeness (QED) is 0.837. The molecule has 20 heavy (non-hydrogen) atoms. The molecule has 1 aliphatic heterocycles. The zero-order chi connectivity index (χ0) is 14.7. The molecule has 1 aliphatic rings. The van der Waals surface area contributed by atoms with Crippen molar-refractivity contribution in [2.75, 3.05) is 24.1 Å². The molecule has 1 fully saturated rings. The average Bonchev–Trinajstić information content (AvgIpc) is 2.81. The molecule has 1 aromatic rings. The van der Waals surface area contributed by atoms with E-state index in [4.69, 9.17) is 28.9 Å². The lowest BCUT2D eigenvalue weighted by Gasteiger charge is -2.22. The van der Waals surface area contributed by atoms with Gasteiger partial charge in [-0.1, -0.05) is 30.1 Å². The van der Waals surface area contributed by atoms with Crippen LogP contribution in [0.1, 0.15) is 26.2 Å². The average molecular weight is 316 g/mol. The standard InChI is InChI=1S/C14H19Cl2N3O/c1-2-10-4-3-5-19(10)8-13(20)18-14-11(16)6-9(15)7-12(14)17/h6-7,10H,2-5,8,17H2,1H3,(H,18,20). The third-order valence-corrected chi connectivity index (χ3v) is 4.18. The van der Waals surface area contributed by atoms with Crippen molar-refractivity contribution in [1.82, 2.24) is 4.90 Å². The summed E-state index contributed by atoms with van der Waals surface area (Å²) < 4.78 is 0. The fourth-order valence-electron chi connectivity index (χ4n) is 2.65. The molecule has 0 spiro atoms. The summed E-state index contributed by atoms with van der Waals surface area (Å²) >= 11 is 11.9. The van der Waals surface area contributed by atoms with E-state index in [1.54, 1.807) is 12.1 Å². The summed E-state index contributed by atoms with van der Waals surface area (Å²) in [5, 5.41) is 3.59. The van der Waals surface area contributed by atoms with Crippen LogP contribution in [0.4, 0.5) is 11.4 Å². The summed E-state index contributed by atoms with van der Waals surface area (Å²) in [6.07, 6.45) is 3.38. The molecule has 1 atom stereocenters. The Balaban J connectivity index is 2.01. The molecule has 6 heteroatoms. The lowest BCUT2D eigenvalue weighted by atomic mass is 10.2. The van der Waals surface area contributed by atoms with E-state index in [9.17, 15) is 4.79 Å². The number of anilines is 2. The van der Waals surface area contributed by atoms with Crippen molar-refractivity contribution >= 4 is 40.5 Å². The number of rotatable bonds is 4. The van der Waals surface area contributed by atoms with Crippen LogP contribution in [-0.4, -0.2) is 29.9 Å². The first-order valence-electron chi connectivity index (χ1n) is 6.79. The van der Waals surface area contributed by atoms with Crippen LogP contribution in [0.5, 0.6) is 0 Å². The fraction of sp³-hybridized carbons (Fsp3) is 0.500. The summed E-state index contributed by atoms with van der Waals surface area (Å²) in [5.41, 5.74) is 6.65. The molecule has 1 amide bonds. The third kappa shape index (κ3) is 3.57. The Bertz CT molecular complexity index is 484. The van der Waals surface area contributed by atoms with Gasteiger partial charge in [0.2, 0.25) is 5.91 Å². The fourth-order valence-corrected chi connectivity index (χ4v) is 3.21. The van der Waals surface area contributed by atoms with Gasteiger partial charge < -0.3 is 11.1 Å². The van der Waals surface area contributed by atoms with Gasteiger partial charge in [-0.3, -0.25) is 9.69 Å². The van der Waals surface area contributed by atoms with E-state index in [1.165, 1.54) is 0 Å². The number of carbonyl (C=O) groups excluding carboxylic acids is 1. The first-order valence-corrected chi connectivity index (χ1v) is 7.55. The number of nitrogens with one attached hydrogen (secondary N) is 1. The lowest BCUT2D eigenvalue weighted by molar-refractivity contribution is -0.117. The molecule has 110 valence electrons. The van der Waals surface area contributed by atoms with Gasteiger partial charge in [0, 0.05) is 11.1 Å². The van der Waals surface area contributed by atoms with Crippen LogP contribution in [0.25, 0.3) is 0 Å². The van der Waals surface area contributed by atoms with Gasteiger partial charge in [0.1, 0.15) is 0 Å². The molecule has 1 saturated heterocycles.